The Hall–Kier alpha value is -3.10. The van der Waals surface area contributed by atoms with Gasteiger partial charge in [0, 0.05) is 53.4 Å². The van der Waals surface area contributed by atoms with Gasteiger partial charge in [0.15, 0.2) is 0 Å². The standard InChI is InChI=1S/C25H31N3O5S/c1-4-18(16-29)12-23-17(2)27-24-14-21(8-9-22(23)24)33-11-10-26-15-25(30)19-6-5-7-20(13-19)28-34(3,31)32/h5-9,13-14,25-28,30H,4,10-12,15H2,1-3H3/t25-/m0/s1. The van der Waals surface area contributed by atoms with Gasteiger partial charge in [0.05, 0.1) is 12.4 Å². The van der Waals surface area contributed by atoms with Gasteiger partial charge < -0.3 is 20.1 Å². The molecule has 2 aromatic carbocycles. The van der Waals surface area contributed by atoms with Crippen molar-refractivity contribution in [1.29, 1.82) is 0 Å². The number of aliphatic hydroxyl groups is 1. The zero-order valence-electron chi connectivity index (χ0n) is 19.6. The topological polar surface area (TPSA) is 121 Å². The number of nitrogens with one attached hydrogen (secondary N) is 3. The molecule has 1 atom stereocenters. The van der Waals surface area contributed by atoms with E-state index >= 15 is 0 Å². The van der Waals surface area contributed by atoms with Crippen molar-refractivity contribution in [2.75, 3.05) is 30.7 Å². The highest BCUT2D eigenvalue weighted by molar-refractivity contribution is 7.92. The highest BCUT2D eigenvalue weighted by Crippen LogP contribution is 2.28. The fourth-order valence-electron chi connectivity index (χ4n) is 3.75. The third-order valence-electron chi connectivity index (χ3n) is 5.51. The number of H-pyrrole nitrogens is 1. The molecule has 1 aromatic heterocycles. The van der Waals surface area contributed by atoms with Gasteiger partial charge in [0.25, 0.3) is 0 Å². The van der Waals surface area contributed by atoms with Crippen molar-refractivity contribution < 1.29 is 23.1 Å². The van der Waals surface area contributed by atoms with E-state index in [4.69, 9.17) is 4.74 Å². The number of rotatable bonds is 12. The van der Waals surface area contributed by atoms with Gasteiger partial charge in [-0.3, -0.25) is 4.72 Å². The Morgan fingerprint density at radius 1 is 1.24 bits per heavy atom. The predicted octanol–water partition coefficient (Wildman–Crippen LogP) is 3.26. The largest absolute Gasteiger partial charge is 0.492 e. The molecule has 0 fully saturated rings. The molecule has 4 N–H and O–H groups in total. The maximum atomic E-state index is 11.4. The molecule has 0 spiro atoms. The molecule has 0 saturated carbocycles. The second-order valence-corrected chi connectivity index (χ2v) is 9.99. The minimum absolute atomic E-state index is 0.300. The Bertz CT molecular complexity index is 1290. The molecule has 0 amide bonds. The highest BCUT2D eigenvalue weighted by Gasteiger charge is 2.12. The van der Waals surface area contributed by atoms with Crippen molar-refractivity contribution >= 4 is 32.6 Å². The van der Waals surface area contributed by atoms with Crippen molar-refractivity contribution in [2.45, 2.75) is 32.8 Å². The van der Waals surface area contributed by atoms with E-state index in [0.717, 1.165) is 39.7 Å². The summed E-state index contributed by atoms with van der Waals surface area (Å²) in [7, 11) is -3.38. The molecule has 3 aromatic rings. The quantitative estimate of drug-likeness (QED) is 0.231. The van der Waals surface area contributed by atoms with Crippen LogP contribution in [0.2, 0.25) is 0 Å². The molecule has 0 saturated heterocycles. The summed E-state index contributed by atoms with van der Waals surface area (Å²) < 4.78 is 31.0. The zero-order valence-corrected chi connectivity index (χ0v) is 20.5. The fourth-order valence-corrected chi connectivity index (χ4v) is 4.31. The van der Waals surface area contributed by atoms with Crippen LogP contribution in [0.15, 0.2) is 48.0 Å². The first kappa shape index (κ1) is 25.5. The van der Waals surface area contributed by atoms with Crippen molar-refractivity contribution in [3.05, 3.63) is 64.9 Å². The Kier molecular flexibility index (Phi) is 8.52. The molecular weight excluding hydrogens is 454 g/mol. The summed E-state index contributed by atoms with van der Waals surface area (Å²) in [4.78, 5) is 14.4. The van der Waals surface area contributed by atoms with Gasteiger partial charge in [-0.1, -0.05) is 19.1 Å². The summed E-state index contributed by atoms with van der Waals surface area (Å²) in [6.45, 7) is 5.18. The number of hydrogen-bond acceptors (Lipinski definition) is 6. The summed E-state index contributed by atoms with van der Waals surface area (Å²) in [6.07, 6.45) is 1.57. The summed E-state index contributed by atoms with van der Waals surface area (Å²) in [5.41, 5.74) is 4.86. The molecule has 3 rings (SSSR count). The second-order valence-electron chi connectivity index (χ2n) is 8.24. The second kappa shape index (κ2) is 11.4. The lowest BCUT2D eigenvalue weighted by molar-refractivity contribution is 0.172. The number of fused-ring (bicyclic) bond motifs is 1. The maximum absolute atomic E-state index is 11.4. The van der Waals surface area contributed by atoms with E-state index in [1.807, 2.05) is 38.0 Å². The summed E-state index contributed by atoms with van der Waals surface area (Å²) in [5, 5.41) is 14.6. The minimum atomic E-state index is -3.38. The van der Waals surface area contributed by atoms with Crippen LogP contribution in [0.1, 0.15) is 36.3 Å². The van der Waals surface area contributed by atoms with Crippen LogP contribution in [0, 0.1) is 6.92 Å². The first-order valence-electron chi connectivity index (χ1n) is 11.1. The number of aryl methyl sites for hydroxylation is 1. The van der Waals surface area contributed by atoms with E-state index in [-0.39, 0.29) is 0 Å². The molecule has 0 aliphatic rings. The molecule has 0 unspecified atom stereocenters. The Balaban J connectivity index is 1.51. The Labute approximate surface area is 200 Å². The Morgan fingerprint density at radius 3 is 2.74 bits per heavy atom. The molecule has 0 aliphatic carbocycles. The summed E-state index contributed by atoms with van der Waals surface area (Å²) in [6, 6.07) is 12.5. The predicted molar refractivity (Wildman–Crippen MR) is 134 cm³/mol. The number of aliphatic hydroxyl groups excluding tert-OH is 1. The smallest absolute Gasteiger partial charge is 0.229 e. The van der Waals surface area contributed by atoms with Gasteiger partial charge in [0.2, 0.25) is 10.0 Å². The molecule has 8 nitrogen and oxygen atoms in total. The van der Waals surface area contributed by atoms with Crippen molar-refractivity contribution in [1.82, 2.24) is 10.3 Å². The molecule has 0 aliphatic heterocycles. The molecular formula is C25H31N3O5S. The van der Waals surface area contributed by atoms with Crippen molar-refractivity contribution in [2.24, 2.45) is 0 Å². The van der Waals surface area contributed by atoms with Gasteiger partial charge in [-0.05, 0) is 48.7 Å². The minimum Gasteiger partial charge on any atom is -0.492 e. The fraction of sp³-hybridized carbons (Fsp3) is 0.360. The number of allylic oxidation sites excluding steroid dienone is 1. The van der Waals surface area contributed by atoms with Crippen molar-refractivity contribution in [3.8, 4) is 5.75 Å². The van der Waals surface area contributed by atoms with E-state index in [9.17, 15) is 18.3 Å². The SMILES string of the molecule is CCC(=C=O)Cc1c(C)[nH]c2cc(OCCNC[C@H](O)c3cccc(NS(C)(=O)=O)c3)ccc12. The molecule has 9 heteroatoms. The van der Waals surface area contributed by atoms with Crippen LogP contribution in [0.25, 0.3) is 10.9 Å². The molecule has 0 bridgehead atoms. The number of sulfonamides is 1. The number of aromatic amines is 1. The third-order valence-corrected chi connectivity index (χ3v) is 6.12. The van der Waals surface area contributed by atoms with Gasteiger partial charge in [0.1, 0.15) is 18.3 Å². The number of aromatic nitrogens is 1. The molecule has 0 radical (unpaired) electrons. The van der Waals surface area contributed by atoms with Crippen LogP contribution in [0.5, 0.6) is 5.75 Å². The Morgan fingerprint density at radius 2 is 2.03 bits per heavy atom. The summed E-state index contributed by atoms with van der Waals surface area (Å²) in [5.74, 6) is 2.76. The number of hydrogen-bond donors (Lipinski definition) is 4. The molecule has 1 heterocycles. The lowest BCUT2D eigenvalue weighted by atomic mass is 10.0. The van der Waals surface area contributed by atoms with E-state index in [1.165, 1.54) is 0 Å². The third kappa shape index (κ3) is 6.95. The zero-order chi connectivity index (χ0) is 24.7. The number of ether oxygens (including phenoxy) is 1. The van der Waals surface area contributed by atoms with Crippen LogP contribution >= 0.6 is 0 Å². The van der Waals surface area contributed by atoms with E-state index in [2.05, 4.69) is 15.0 Å². The number of anilines is 1. The van der Waals surface area contributed by atoms with E-state index in [0.29, 0.717) is 43.8 Å². The monoisotopic (exact) mass is 485 g/mol. The number of benzene rings is 2. The lowest BCUT2D eigenvalue weighted by Gasteiger charge is -2.14. The van der Waals surface area contributed by atoms with Gasteiger partial charge >= 0.3 is 0 Å². The summed E-state index contributed by atoms with van der Waals surface area (Å²) >= 11 is 0. The van der Waals surface area contributed by atoms with Crippen LogP contribution in [-0.2, 0) is 21.2 Å². The van der Waals surface area contributed by atoms with Crippen LogP contribution < -0.4 is 14.8 Å². The lowest BCUT2D eigenvalue weighted by Crippen LogP contribution is -2.26. The molecule has 182 valence electrons. The average Bonchev–Trinajstić information content (AvgIpc) is 3.10. The first-order chi connectivity index (χ1) is 16.2. The van der Waals surface area contributed by atoms with Gasteiger partial charge in [-0.2, -0.15) is 0 Å². The van der Waals surface area contributed by atoms with Crippen LogP contribution in [0.4, 0.5) is 5.69 Å². The number of carbonyl (C=O) groups excluding carboxylic acids is 1. The van der Waals surface area contributed by atoms with Crippen LogP contribution in [-0.4, -0.2) is 50.4 Å². The average molecular weight is 486 g/mol. The van der Waals surface area contributed by atoms with Gasteiger partial charge in [-0.25, -0.2) is 13.2 Å². The van der Waals surface area contributed by atoms with E-state index in [1.54, 1.807) is 24.3 Å². The van der Waals surface area contributed by atoms with Crippen molar-refractivity contribution in [3.63, 3.8) is 0 Å². The van der Waals surface area contributed by atoms with Crippen LogP contribution in [0.3, 0.4) is 0 Å². The normalized spacial score (nSPS) is 12.4. The van der Waals surface area contributed by atoms with Gasteiger partial charge in [-0.15, -0.1) is 0 Å². The maximum Gasteiger partial charge on any atom is 0.229 e. The van der Waals surface area contributed by atoms with E-state index < -0.39 is 16.1 Å². The first-order valence-corrected chi connectivity index (χ1v) is 13.0. The highest BCUT2D eigenvalue weighted by atomic mass is 32.2. The molecule has 34 heavy (non-hydrogen) atoms.